The summed E-state index contributed by atoms with van der Waals surface area (Å²) < 4.78 is 34.1. The molecule has 3 N–H and O–H groups in total. The Kier molecular flexibility index (Phi) is 6.96. The smallest absolute Gasteiger partial charge is 0.410 e. The summed E-state index contributed by atoms with van der Waals surface area (Å²) in [7, 11) is 0. The average Bonchev–Trinajstić information content (AvgIpc) is 3.11. The molecule has 8 heteroatoms. The predicted octanol–water partition coefficient (Wildman–Crippen LogP) is 5.00. The average molecular weight is 463 g/mol. The summed E-state index contributed by atoms with van der Waals surface area (Å²) in [5.74, 6) is -0.856. The van der Waals surface area contributed by atoms with E-state index in [-0.39, 0.29) is 24.2 Å². The minimum Gasteiger partial charge on any atom is -0.444 e. The molecule has 1 amide bonds. The number of likely N-dealkylation sites (tertiary alicyclic amines) is 1. The first-order chi connectivity index (χ1) is 15.7. The molecule has 0 spiro atoms. The zero-order valence-electron chi connectivity index (χ0n) is 20.1. The Labute approximate surface area is 194 Å². The maximum atomic E-state index is 14.6. The van der Waals surface area contributed by atoms with Gasteiger partial charge in [0.2, 0.25) is 0 Å². The molecule has 4 rings (SSSR count). The molecule has 182 valence electrons. The van der Waals surface area contributed by atoms with Crippen LogP contribution in [0, 0.1) is 17.6 Å². The summed E-state index contributed by atoms with van der Waals surface area (Å²) >= 11 is 0. The minimum atomic E-state index is -0.562. The molecule has 0 saturated carbocycles. The normalized spacial score (nSPS) is 21.9. The number of rotatable bonds is 5. The van der Waals surface area contributed by atoms with E-state index in [1.54, 1.807) is 4.90 Å². The van der Waals surface area contributed by atoms with Gasteiger partial charge in [-0.1, -0.05) is 13.3 Å². The standard InChI is InChI=1S/C25H36F2N4O2/c1-5-6-9-28-20-14-18-17-12-16(26)13-19(27)22(17)30-23(18)21(29-20)15-7-10-31(11-8-15)24(32)33-25(2,3)4/h12-13,15,20-21,28-30H,5-11,14H2,1-4H3/t20-,21+/m1/s1. The molecule has 0 unspecified atom stereocenters. The maximum Gasteiger partial charge on any atom is 0.410 e. The number of aromatic nitrogens is 1. The highest BCUT2D eigenvalue weighted by Gasteiger charge is 2.37. The molecule has 2 atom stereocenters. The number of hydrogen-bond acceptors (Lipinski definition) is 4. The van der Waals surface area contributed by atoms with Crippen LogP contribution >= 0.6 is 0 Å². The lowest BCUT2D eigenvalue weighted by atomic mass is 9.83. The number of carbonyl (C=O) groups is 1. The zero-order chi connectivity index (χ0) is 23.8. The van der Waals surface area contributed by atoms with Crippen LogP contribution in [-0.4, -0.2) is 47.4 Å². The van der Waals surface area contributed by atoms with Crippen molar-refractivity contribution in [3.05, 3.63) is 35.0 Å². The quantitative estimate of drug-likeness (QED) is 0.547. The van der Waals surface area contributed by atoms with Gasteiger partial charge in [-0.2, -0.15) is 0 Å². The summed E-state index contributed by atoms with van der Waals surface area (Å²) in [4.78, 5) is 17.5. The minimum absolute atomic E-state index is 0.0245. The number of nitrogens with zero attached hydrogens (tertiary/aromatic N) is 1. The Bertz CT molecular complexity index is 992. The number of H-pyrrole nitrogens is 1. The Hall–Kier alpha value is -2.19. The first-order valence-electron chi connectivity index (χ1n) is 12.1. The van der Waals surface area contributed by atoms with Crippen LogP contribution in [0.5, 0.6) is 0 Å². The molecule has 0 aliphatic carbocycles. The van der Waals surface area contributed by atoms with Crippen LogP contribution in [0.1, 0.15) is 70.7 Å². The van der Waals surface area contributed by atoms with Gasteiger partial charge in [-0.3, -0.25) is 5.32 Å². The van der Waals surface area contributed by atoms with E-state index in [2.05, 4.69) is 22.5 Å². The van der Waals surface area contributed by atoms with Crippen molar-refractivity contribution in [3.8, 4) is 0 Å². The largest absolute Gasteiger partial charge is 0.444 e. The molecule has 1 fully saturated rings. The van der Waals surface area contributed by atoms with Crippen LogP contribution in [0.4, 0.5) is 13.6 Å². The molecule has 2 aliphatic heterocycles. The molecule has 3 heterocycles. The number of benzene rings is 1. The van der Waals surface area contributed by atoms with Gasteiger partial charge in [-0.25, -0.2) is 13.6 Å². The first kappa shape index (κ1) is 24.0. The van der Waals surface area contributed by atoms with Crippen LogP contribution in [0.25, 0.3) is 10.9 Å². The lowest BCUT2D eigenvalue weighted by Crippen LogP contribution is -2.52. The highest BCUT2D eigenvalue weighted by atomic mass is 19.1. The van der Waals surface area contributed by atoms with Crippen molar-refractivity contribution in [3.63, 3.8) is 0 Å². The third-order valence-electron chi connectivity index (χ3n) is 6.65. The summed E-state index contributed by atoms with van der Waals surface area (Å²) in [6.07, 6.45) is 4.20. The molecule has 1 aromatic heterocycles. The van der Waals surface area contributed by atoms with Gasteiger partial charge < -0.3 is 19.9 Å². The number of ether oxygens (including phenoxy) is 1. The maximum absolute atomic E-state index is 14.6. The molecule has 1 saturated heterocycles. The monoisotopic (exact) mass is 462 g/mol. The lowest BCUT2D eigenvalue weighted by Gasteiger charge is -2.40. The van der Waals surface area contributed by atoms with E-state index in [1.165, 1.54) is 6.07 Å². The van der Waals surface area contributed by atoms with E-state index in [1.807, 2.05) is 20.8 Å². The van der Waals surface area contributed by atoms with Crippen LogP contribution < -0.4 is 10.6 Å². The van der Waals surface area contributed by atoms with Gasteiger partial charge in [-0.05, 0) is 64.1 Å². The predicted molar refractivity (Wildman–Crippen MR) is 125 cm³/mol. The van der Waals surface area contributed by atoms with Crippen LogP contribution in [-0.2, 0) is 11.2 Å². The zero-order valence-corrected chi connectivity index (χ0v) is 20.1. The SMILES string of the molecule is CCCCN[C@H]1Cc2c([nH]c3c(F)cc(F)cc23)[C@H](C2CCN(C(=O)OC(C)(C)C)CC2)N1. The second-order valence-corrected chi connectivity index (χ2v) is 10.3. The second-order valence-electron chi connectivity index (χ2n) is 10.3. The van der Waals surface area contributed by atoms with E-state index in [9.17, 15) is 13.6 Å². The number of nitrogens with one attached hydrogen (secondary N) is 3. The number of carbonyl (C=O) groups excluding carboxylic acids is 1. The van der Waals surface area contributed by atoms with Crippen molar-refractivity contribution >= 4 is 17.0 Å². The van der Waals surface area contributed by atoms with Gasteiger partial charge in [0.05, 0.1) is 17.7 Å². The van der Waals surface area contributed by atoms with Crippen molar-refractivity contribution in [1.82, 2.24) is 20.5 Å². The summed E-state index contributed by atoms with van der Waals surface area (Å²) in [6.45, 7) is 9.88. The Morgan fingerprint density at radius 2 is 1.97 bits per heavy atom. The first-order valence-corrected chi connectivity index (χ1v) is 12.1. The number of hydrogen-bond donors (Lipinski definition) is 3. The fourth-order valence-corrected chi connectivity index (χ4v) is 5.04. The number of amides is 1. The van der Waals surface area contributed by atoms with E-state index >= 15 is 0 Å². The third-order valence-corrected chi connectivity index (χ3v) is 6.65. The highest BCUT2D eigenvalue weighted by molar-refractivity contribution is 5.86. The molecule has 2 aromatic rings. The molecule has 0 radical (unpaired) electrons. The van der Waals surface area contributed by atoms with Crippen molar-refractivity contribution in [2.45, 2.75) is 77.6 Å². The van der Waals surface area contributed by atoms with E-state index in [0.717, 1.165) is 49.6 Å². The van der Waals surface area contributed by atoms with Gasteiger partial charge in [0.15, 0.2) is 0 Å². The molecule has 0 bridgehead atoms. The van der Waals surface area contributed by atoms with Crippen LogP contribution in [0.3, 0.4) is 0 Å². The topological polar surface area (TPSA) is 69.4 Å². The Morgan fingerprint density at radius 1 is 1.24 bits per heavy atom. The highest BCUT2D eigenvalue weighted by Crippen LogP contribution is 2.39. The van der Waals surface area contributed by atoms with E-state index < -0.39 is 17.2 Å². The summed E-state index contributed by atoms with van der Waals surface area (Å²) in [6, 6.07) is 2.34. The molecular weight excluding hydrogens is 426 g/mol. The Balaban J connectivity index is 1.56. The fraction of sp³-hybridized carbons (Fsp3) is 0.640. The van der Waals surface area contributed by atoms with E-state index in [0.29, 0.717) is 30.4 Å². The van der Waals surface area contributed by atoms with Crippen molar-refractivity contribution in [2.75, 3.05) is 19.6 Å². The van der Waals surface area contributed by atoms with Gasteiger partial charge in [0, 0.05) is 36.7 Å². The van der Waals surface area contributed by atoms with Crippen molar-refractivity contribution in [1.29, 1.82) is 0 Å². The van der Waals surface area contributed by atoms with Crippen LogP contribution in [0.2, 0.25) is 0 Å². The van der Waals surface area contributed by atoms with E-state index in [4.69, 9.17) is 4.74 Å². The third kappa shape index (κ3) is 5.32. The van der Waals surface area contributed by atoms with Crippen molar-refractivity contribution in [2.24, 2.45) is 5.92 Å². The molecule has 33 heavy (non-hydrogen) atoms. The van der Waals surface area contributed by atoms with Gasteiger partial charge in [-0.15, -0.1) is 0 Å². The molecule has 2 aliphatic rings. The fourth-order valence-electron chi connectivity index (χ4n) is 5.04. The van der Waals surface area contributed by atoms with Gasteiger partial charge in [0.25, 0.3) is 0 Å². The Morgan fingerprint density at radius 3 is 2.64 bits per heavy atom. The number of unbranched alkanes of at least 4 members (excludes halogenated alkanes) is 1. The molecule has 6 nitrogen and oxygen atoms in total. The number of aromatic amines is 1. The molecular formula is C25H36F2N4O2. The second kappa shape index (κ2) is 9.58. The number of halogens is 2. The van der Waals surface area contributed by atoms with Crippen LogP contribution in [0.15, 0.2) is 12.1 Å². The van der Waals surface area contributed by atoms with Crippen molar-refractivity contribution < 1.29 is 18.3 Å². The number of fused-ring (bicyclic) bond motifs is 3. The molecule has 1 aromatic carbocycles. The summed E-state index contributed by atoms with van der Waals surface area (Å²) in [5, 5.41) is 7.92. The van der Waals surface area contributed by atoms with Gasteiger partial charge in [0.1, 0.15) is 17.2 Å². The summed E-state index contributed by atoms with van der Waals surface area (Å²) in [5.41, 5.74) is 1.78. The number of piperidine rings is 1. The lowest BCUT2D eigenvalue weighted by molar-refractivity contribution is 0.0163. The van der Waals surface area contributed by atoms with Gasteiger partial charge >= 0.3 is 6.09 Å².